The highest BCUT2D eigenvalue weighted by atomic mass is 15.2. The van der Waals surface area contributed by atoms with Crippen LogP contribution in [0.1, 0.15) is 72.1 Å². The smallest absolute Gasteiger partial charge is 0.0159 e. The second kappa shape index (κ2) is 6.58. The zero-order chi connectivity index (χ0) is 14.9. The van der Waals surface area contributed by atoms with E-state index in [0.717, 1.165) is 30.5 Å². The average Bonchev–Trinajstić information content (AvgIpc) is 2.92. The second-order valence-electron chi connectivity index (χ2n) is 8.57. The van der Waals surface area contributed by atoms with Gasteiger partial charge >= 0.3 is 0 Å². The van der Waals surface area contributed by atoms with E-state index in [-0.39, 0.29) is 0 Å². The van der Waals surface area contributed by atoms with Crippen LogP contribution < -0.4 is 5.32 Å². The Bertz CT molecular complexity index is 338. The van der Waals surface area contributed by atoms with E-state index in [9.17, 15) is 0 Å². The van der Waals surface area contributed by atoms with Crippen LogP contribution in [0, 0.1) is 17.3 Å². The van der Waals surface area contributed by atoms with E-state index >= 15 is 0 Å². The molecule has 1 saturated heterocycles. The van der Waals surface area contributed by atoms with Crippen LogP contribution in [0.3, 0.4) is 0 Å². The van der Waals surface area contributed by atoms with Gasteiger partial charge < -0.3 is 5.32 Å². The van der Waals surface area contributed by atoms with Gasteiger partial charge in [-0.3, -0.25) is 4.90 Å². The molecule has 0 radical (unpaired) electrons. The van der Waals surface area contributed by atoms with Crippen molar-refractivity contribution in [2.75, 3.05) is 19.6 Å². The van der Waals surface area contributed by atoms with Gasteiger partial charge in [-0.15, -0.1) is 0 Å². The predicted molar refractivity (Wildman–Crippen MR) is 90.5 cm³/mol. The van der Waals surface area contributed by atoms with Crippen molar-refractivity contribution in [3.05, 3.63) is 0 Å². The summed E-state index contributed by atoms with van der Waals surface area (Å²) in [6.07, 6.45) is 11.7. The summed E-state index contributed by atoms with van der Waals surface area (Å²) in [7, 11) is 0. The van der Waals surface area contributed by atoms with Gasteiger partial charge in [-0.1, -0.05) is 33.6 Å². The third-order valence-electron chi connectivity index (χ3n) is 6.71. The fourth-order valence-corrected chi connectivity index (χ4v) is 5.72. The molecular weight excluding hydrogens is 256 g/mol. The molecule has 2 saturated carbocycles. The minimum Gasteiger partial charge on any atom is -0.313 e. The number of rotatable bonds is 4. The summed E-state index contributed by atoms with van der Waals surface area (Å²) >= 11 is 0. The molecule has 21 heavy (non-hydrogen) atoms. The maximum Gasteiger partial charge on any atom is 0.0159 e. The van der Waals surface area contributed by atoms with Gasteiger partial charge in [0.1, 0.15) is 0 Å². The van der Waals surface area contributed by atoms with Crippen LogP contribution in [0.15, 0.2) is 0 Å². The summed E-state index contributed by atoms with van der Waals surface area (Å²) < 4.78 is 0. The fourth-order valence-electron chi connectivity index (χ4n) is 5.72. The van der Waals surface area contributed by atoms with Crippen molar-refractivity contribution in [1.29, 1.82) is 0 Å². The lowest BCUT2D eigenvalue weighted by atomic mass is 9.67. The molecule has 4 atom stereocenters. The van der Waals surface area contributed by atoms with Crippen LogP contribution in [0.25, 0.3) is 0 Å². The van der Waals surface area contributed by atoms with Gasteiger partial charge in [0.05, 0.1) is 0 Å². The summed E-state index contributed by atoms with van der Waals surface area (Å²) in [5.74, 6) is 1.90. The molecular formula is C19H36N2. The van der Waals surface area contributed by atoms with Gasteiger partial charge in [0.25, 0.3) is 0 Å². The number of nitrogens with zero attached hydrogens (tertiary/aromatic N) is 1. The van der Waals surface area contributed by atoms with Crippen molar-refractivity contribution in [1.82, 2.24) is 10.2 Å². The van der Waals surface area contributed by atoms with Crippen LogP contribution >= 0.6 is 0 Å². The van der Waals surface area contributed by atoms with Crippen LogP contribution in [0.4, 0.5) is 0 Å². The molecule has 0 aromatic rings. The van der Waals surface area contributed by atoms with E-state index in [2.05, 4.69) is 31.0 Å². The Hall–Kier alpha value is -0.0800. The Labute approximate surface area is 132 Å². The van der Waals surface area contributed by atoms with Crippen molar-refractivity contribution in [3.63, 3.8) is 0 Å². The number of fused-ring (bicyclic) bond motifs is 1. The maximum atomic E-state index is 3.85. The number of hydrogen-bond acceptors (Lipinski definition) is 2. The first kappa shape index (κ1) is 15.8. The number of nitrogens with one attached hydrogen (secondary N) is 1. The molecule has 3 fully saturated rings. The van der Waals surface area contributed by atoms with Gasteiger partial charge in [-0.05, 0) is 68.9 Å². The molecule has 1 N–H and O–H groups in total. The highest BCUT2D eigenvalue weighted by Gasteiger charge is 2.41. The van der Waals surface area contributed by atoms with Crippen LogP contribution in [-0.2, 0) is 0 Å². The Morgan fingerprint density at radius 2 is 1.86 bits per heavy atom. The molecule has 1 aliphatic heterocycles. The number of piperidine rings is 1. The Morgan fingerprint density at radius 1 is 1.05 bits per heavy atom. The molecule has 0 aromatic carbocycles. The standard InChI is InChI=1S/C19H36N2/c1-4-20-18-16(9-6-12-19(18,2)3)14-21-13-7-10-15-8-5-11-17(15)21/h15-18,20H,4-14H2,1-3H3. The molecule has 3 rings (SSSR count). The molecule has 0 amide bonds. The van der Waals surface area contributed by atoms with E-state index in [0.29, 0.717) is 5.41 Å². The van der Waals surface area contributed by atoms with E-state index in [1.807, 2.05) is 0 Å². The quantitative estimate of drug-likeness (QED) is 0.841. The predicted octanol–water partition coefficient (Wildman–Crippen LogP) is 4.06. The molecule has 4 unspecified atom stereocenters. The fraction of sp³-hybridized carbons (Fsp3) is 1.00. The Morgan fingerprint density at radius 3 is 2.67 bits per heavy atom. The van der Waals surface area contributed by atoms with Crippen molar-refractivity contribution in [2.24, 2.45) is 17.3 Å². The number of hydrogen-bond donors (Lipinski definition) is 1. The zero-order valence-electron chi connectivity index (χ0n) is 14.5. The van der Waals surface area contributed by atoms with Crippen molar-refractivity contribution in [3.8, 4) is 0 Å². The molecule has 2 aliphatic carbocycles. The van der Waals surface area contributed by atoms with Crippen LogP contribution in [0.2, 0.25) is 0 Å². The van der Waals surface area contributed by atoms with Crippen LogP contribution in [-0.4, -0.2) is 36.6 Å². The summed E-state index contributed by atoms with van der Waals surface area (Å²) in [6, 6.07) is 1.66. The third kappa shape index (κ3) is 3.32. The first-order valence-electron chi connectivity index (χ1n) is 9.59. The van der Waals surface area contributed by atoms with Crippen molar-refractivity contribution < 1.29 is 0 Å². The lowest BCUT2D eigenvalue weighted by molar-refractivity contribution is 0.0413. The molecule has 3 aliphatic rings. The topological polar surface area (TPSA) is 15.3 Å². The molecule has 122 valence electrons. The molecule has 2 nitrogen and oxygen atoms in total. The van der Waals surface area contributed by atoms with E-state index in [1.165, 1.54) is 64.5 Å². The number of likely N-dealkylation sites (tertiary alicyclic amines) is 1. The third-order valence-corrected chi connectivity index (χ3v) is 6.71. The van der Waals surface area contributed by atoms with Gasteiger partial charge in [0.2, 0.25) is 0 Å². The lowest BCUT2D eigenvalue weighted by Gasteiger charge is -2.48. The van der Waals surface area contributed by atoms with Gasteiger partial charge in [0, 0.05) is 18.6 Å². The van der Waals surface area contributed by atoms with Crippen molar-refractivity contribution >= 4 is 0 Å². The van der Waals surface area contributed by atoms with Gasteiger partial charge in [0.15, 0.2) is 0 Å². The Kier molecular flexibility index (Phi) is 4.95. The average molecular weight is 293 g/mol. The molecule has 0 bridgehead atoms. The van der Waals surface area contributed by atoms with E-state index < -0.39 is 0 Å². The van der Waals surface area contributed by atoms with Gasteiger partial charge in [-0.2, -0.15) is 0 Å². The highest BCUT2D eigenvalue weighted by molar-refractivity contribution is 4.97. The van der Waals surface area contributed by atoms with E-state index in [1.54, 1.807) is 0 Å². The largest absolute Gasteiger partial charge is 0.313 e. The van der Waals surface area contributed by atoms with Gasteiger partial charge in [-0.25, -0.2) is 0 Å². The minimum atomic E-state index is 0.476. The molecule has 0 spiro atoms. The SMILES string of the molecule is CCNC1C(CN2CCCC3CCCC32)CCCC1(C)C. The second-order valence-corrected chi connectivity index (χ2v) is 8.57. The van der Waals surface area contributed by atoms with Crippen molar-refractivity contribution in [2.45, 2.75) is 84.2 Å². The summed E-state index contributed by atoms with van der Waals surface area (Å²) in [6.45, 7) is 11.1. The molecule has 2 heteroatoms. The highest BCUT2D eigenvalue weighted by Crippen LogP contribution is 2.42. The summed E-state index contributed by atoms with van der Waals surface area (Å²) in [5, 5.41) is 3.85. The summed E-state index contributed by atoms with van der Waals surface area (Å²) in [5.41, 5.74) is 0.476. The monoisotopic (exact) mass is 292 g/mol. The minimum absolute atomic E-state index is 0.476. The first-order chi connectivity index (χ1) is 10.1. The molecule has 1 heterocycles. The normalized spacial score (nSPS) is 40.1. The summed E-state index contributed by atoms with van der Waals surface area (Å²) in [4.78, 5) is 2.90. The van der Waals surface area contributed by atoms with E-state index in [4.69, 9.17) is 0 Å². The Balaban J connectivity index is 1.67. The lowest BCUT2D eigenvalue weighted by Crippen LogP contribution is -2.55. The maximum absolute atomic E-state index is 3.85. The molecule has 0 aromatic heterocycles. The van der Waals surface area contributed by atoms with Crippen LogP contribution in [0.5, 0.6) is 0 Å². The first-order valence-corrected chi connectivity index (χ1v) is 9.59. The zero-order valence-corrected chi connectivity index (χ0v) is 14.5.